The number of aromatic nitrogens is 4. The van der Waals surface area contributed by atoms with Gasteiger partial charge < -0.3 is 10.2 Å². The number of halogens is 3. The molecule has 0 aliphatic carbocycles. The summed E-state index contributed by atoms with van der Waals surface area (Å²) in [6.07, 6.45) is -1.13. The van der Waals surface area contributed by atoms with Crippen LogP contribution >= 0.6 is 0 Å². The molecule has 1 saturated heterocycles. The molecule has 1 N–H and O–H groups in total. The van der Waals surface area contributed by atoms with Crippen molar-refractivity contribution in [2.45, 2.75) is 31.9 Å². The van der Waals surface area contributed by atoms with E-state index in [9.17, 15) is 18.0 Å². The van der Waals surface area contributed by atoms with Crippen molar-refractivity contribution in [1.29, 1.82) is 0 Å². The summed E-state index contributed by atoms with van der Waals surface area (Å²) in [5, 5.41) is 13.4. The second-order valence-corrected chi connectivity index (χ2v) is 5.63. The van der Waals surface area contributed by atoms with Gasteiger partial charge in [0.1, 0.15) is 5.82 Å². The Bertz CT molecular complexity index is 729. The fourth-order valence-electron chi connectivity index (χ4n) is 2.65. The summed E-state index contributed by atoms with van der Waals surface area (Å²) in [7, 11) is 0. The summed E-state index contributed by atoms with van der Waals surface area (Å²) in [5.41, 5.74) is 0.0237. The molecule has 2 aromatic heterocycles. The molecule has 0 saturated carbocycles. The number of hydrogen-bond acceptors (Lipinski definition) is 5. The molecule has 1 aliphatic rings. The Morgan fingerprint density at radius 1 is 1.17 bits per heavy atom. The number of fused-ring (bicyclic) bond motifs is 1. The standard InChI is InChI=1S/C14H17F3N6O/c15-14(16,17)13-20-19-11-6-5-10(21-23(11)13)18-7-9-22-8-3-1-2-4-12(22)24/h5-6H,1-4,7-9H2,(H,18,21). The van der Waals surface area contributed by atoms with Crippen molar-refractivity contribution in [3.8, 4) is 0 Å². The first-order valence-corrected chi connectivity index (χ1v) is 7.76. The molecule has 0 aromatic carbocycles. The van der Waals surface area contributed by atoms with Crippen molar-refractivity contribution in [3.63, 3.8) is 0 Å². The monoisotopic (exact) mass is 342 g/mol. The highest BCUT2D eigenvalue weighted by Crippen LogP contribution is 2.27. The quantitative estimate of drug-likeness (QED) is 0.919. The van der Waals surface area contributed by atoms with E-state index in [1.54, 1.807) is 4.90 Å². The summed E-state index contributed by atoms with van der Waals surface area (Å²) in [5.74, 6) is -0.769. The Morgan fingerprint density at radius 2 is 2.00 bits per heavy atom. The van der Waals surface area contributed by atoms with Crippen LogP contribution in [0.15, 0.2) is 12.1 Å². The number of carbonyl (C=O) groups excluding carboxylic acids is 1. The van der Waals surface area contributed by atoms with E-state index in [2.05, 4.69) is 20.6 Å². The third-order valence-electron chi connectivity index (χ3n) is 3.88. The molecule has 1 amide bonds. The van der Waals surface area contributed by atoms with Gasteiger partial charge in [-0.1, -0.05) is 6.42 Å². The van der Waals surface area contributed by atoms with Crippen LogP contribution in [0.3, 0.4) is 0 Å². The number of alkyl halides is 3. The fraction of sp³-hybridized carbons (Fsp3) is 0.571. The number of anilines is 1. The first-order valence-electron chi connectivity index (χ1n) is 7.76. The van der Waals surface area contributed by atoms with Gasteiger partial charge in [-0.15, -0.1) is 15.3 Å². The molecule has 2 aromatic rings. The van der Waals surface area contributed by atoms with Crippen LogP contribution in [-0.2, 0) is 11.0 Å². The minimum atomic E-state index is -4.62. The number of likely N-dealkylation sites (tertiary alicyclic amines) is 1. The van der Waals surface area contributed by atoms with E-state index in [-0.39, 0.29) is 17.4 Å². The SMILES string of the molecule is O=C1CCCCCN1CCNc1ccc2nnc(C(F)(F)F)n2n1. The van der Waals surface area contributed by atoms with Crippen LogP contribution in [0.2, 0.25) is 0 Å². The molecule has 130 valence electrons. The zero-order valence-electron chi connectivity index (χ0n) is 12.9. The maximum Gasteiger partial charge on any atom is 0.453 e. The van der Waals surface area contributed by atoms with Gasteiger partial charge in [-0.2, -0.15) is 17.7 Å². The molecule has 0 atom stereocenters. The van der Waals surface area contributed by atoms with Gasteiger partial charge in [-0.05, 0) is 25.0 Å². The number of nitrogens with zero attached hydrogens (tertiary/aromatic N) is 5. The average Bonchev–Trinajstić information content (AvgIpc) is 2.85. The predicted molar refractivity (Wildman–Crippen MR) is 79.3 cm³/mol. The van der Waals surface area contributed by atoms with Crippen LogP contribution < -0.4 is 5.32 Å². The fourth-order valence-corrected chi connectivity index (χ4v) is 2.65. The van der Waals surface area contributed by atoms with E-state index in [1.807, 2.05) is 0 Å². The molecule has 0 spiro atoms. The number of amides is 1. The lowest BCUT2D eigenvalue weighted by Crippen LogP contribution is -2.34. The smallest absolute Gasteiger partial charge is 0.367 e. The summed E-state index contributed by atoms with van der Waals surface area (Å²) >= 11 is 0. The van der Waals surface area contributed by atoms with Gasteiger partial charge in [0, 0.05) is 26.1 Å². The maximum absolute atomic E-state index is 12.8. The van der Waals surface area contributed by atoms with Gasteiger partial charge in [0.15, 0.2) is 5.65 Å². The largest absolute Gasteiger partial charge is 0.453 e. The summed E-state index contributed by atoms with van der Waals surface area (Å²) in [6, 6.07) is 2.95. The lowest BCUT2D eigenvalue weighted by molar-refractivity contribution is -0.146. The highest BCUT2D eigenvalue weighted by molar-refractivity contribution is 5.76. The van der Waals surface area contributed by atoms with E-state index in [0.29, 0.717) is 24.0 Å². The molecule has 0 radical (unpaired) electrons. The second kappa shape index (κ2) is 6.62. The van der Waals surface area contributed by atoms with Crippen molar-refractivity contribution in [2.75, 3.05) is 25.0 Å². The van der Waals surface area contributed by atoms with E-state index >= 15 is 0 Å². The molecule has 0 unspecified atom stereocenters. The predicted octanol–water partition coefficient (Wildman–Crippen LogP) is 1.96. The van der Waals surface area contributed by atoms with Crippen molar-refractivity contribution in [3.05, 3.63) is 18.0 Å². The van der Waals surface area contributed by atoms with Gasteiger partial charge in [0.25, 0.3) is 5.82 Å². The Labute approximate surface area is 135 Å². The summed E-state index contributed by atoms with van der Waals surface area (Å²) in [6.45, 7) is 1.62. The van der Waals surface area contributed by atoms with E-state index in [1.165, 1.54) is 12.1 Å². The lowest BCUT2D eigenvalue weighted by Gasteiger charge is -2.20. The Balaban J connectivity index is 1.66. The van der Waals surface area contributed by atoms with Gasteiger partial charge in [-0.3, -0.25) is 4.79 Å². The van der Waals surface area contributed by atoms with E-state index < -0.39 is 12.0 Å². The van der Waals surface area contributed by atoms with Crippen molar-refractivity contribution >= 4 is 17.4 Å². The van der Waals surface area contributed by atoms with Gasteiger partial charge in [0.05, 0.1) is 0 Å². The summed E-state index contributed by atoms with van der Waals surface area (Å²) < 4.78 is 39.2. The molecule has 3 rings (SSSR count). The normalized spacial score (nSPS) is 16.5. The lowest BCUT2D eigenvalue weighted by atomic mass is 10.2. The van der Waals surface area contributed by atoms with E-state index in [4.69, 9.17) is 0 Å². The molecule has 0 bridgehead atoms. The third kappa shape index (κ3) is 3.57. The van der Waals surface area contributed by atoms with Crippen LogP contribution in [0, 0.1) is 0 Å². The Hall–Kier alpha value is -2.39. The highest BCUT2D eigenvalue weighted by atomic mass is 19.4. The molecular formula is C14H17F3N6O. The zero-order valence-corrected chi connectivity index (χ0v) is 12.9. The highest BCUT2D eigenvalue weighted by Gasteiger charge is 2.37. The third-order valence-corrected chi connectivity index (χ3v) is 3.88. The number of hydrogen-bond donors (Lipinski definition) is 1. The molecular weight excluding hydrogens is 325 g/mol. The molecule has 10 heteroatoms. The topological polar surface area (TPSA) is 75.4 Å². The Morgan fingerprint density at radius 3 is 2.79 bits per heavy atom. The van der Waals surface area contributed by atoms with Crippen molar-refractivity contribution in [2.24, 2.45) is 0 Å². The van der Waals surface area contributed by atoms with Crippen LogP contribution in [0.25, 0.3) is 5.65 Å². The van der Waals surface area contributed by atoms with Gasteiger partial charge in [0.2, 0.25) is 5.91 Å². The molecule has 3 heterocycles. The first-order chi connectivity index (χ1) is 11.4. The van der Waals surface area contributed by atoms with Crippen LogP contribution in [-0.4, -0.2) is 50.3 Å². The molecule has 1 fully saturated rings. The van der Waals surface area contributed by atoms with Crippen LogP contribution in [0.4, 0.5) is 19.0 Å². The van der Waals surface area contributed by atoms with E-state index in [0.717, 1.165) is 25.8 Å². The summed E-state index contributed by atoms with van der Waals surface area (Å²) in [4.78, 5) is 13.7. The number of nitrogens with one attached hydrogen (secondary N) is 1. The van der Waals surface area contributed by atoms with Gasteiger partial charge in [-0.25, -0.2) is 0 Å². The van der Waals surface area contributed by atoms with Crippen LogP contribution in [0.5, 0.6) is 0 Å². The zero-order chi connectivity index (χ0) is 17.2. The molecule has 7 nitrogen and oxygen atoms in total. The van der Waals surface area contributed by atoms with Gasteiger partial charge >= 0.3 is 6.18 Å². The molecule has 24 heavy (non-hydrogen) atoms. The maximum atomic E-state index is 12.8. The van der Waals surface area contributed by atoms with Crippen molar-refractivity contribution in [1.82, 2.24) is 24.7 Å². The van der Waals surface area contributed by atoms with Crippen molar-refractivity contribution < 1.29 is 18.0 Å². The number of carbonyl (C=O) groups is 1. The second-order valence-electron chi connectivity index (χ2n) is 5.63. The average molecular weight is 342 g/mol. The number of rotatable bonds is 4. The molecule has 1 aliphatic heterocycles. The minimum absolute atomic E-state index is 0.0237. The Kier molecular flexibility index (Phi) is 4.54. The minimum Gasteiger partial charge on any atom is -0.367 e. The first kappa shape index (κ1) is 16.5. The van der Waals surface area contributed by atoms with Crippen LogP contribution in [0.1, 0.15) is 31.5 Å².